The quantitative estimate of drug-likeness (QED) is 0.161. The third-order valence-corrected chi connectivity index (χ3v) is 12.2. The fourth-order valence-corrected chi connectivity index (χ4v) is 9.23. The first kappa shape index (κ1) is 34.9. The second-order valence-corrected chi connectivity index (χ2v) is 15.7. The van der Waals surface area contributed by atoms with E-state index in [1.807, 2.05) is 12.1 Å². The Morgan fingerprint density at radius 2 is 0.869 bits per heavy atom. The van der Waals surface area contributed by atoms with Crippen LogP contribution in [0.4, 0.5) is 17.1 Å². The third-order valence-electron chi connectivity index (χ3n) is 12.2. The highest BCUT2D eigenvalue weighted by molar-refractivity contribution is 6.10. The molecule has 286 valence electrons. The highest BCUT2D eigenvalue weighted by Crippen LogP contribution is 2.41. The average molecular weight is 779 g/mol. The minimum absolute atomic E-state index is 0.898. The van der Waals surface area contributed by atoms with Crippen LogP contribution in [0.25, 0.3) is 93.6 Å². The summed E-state index contributed by atoms with van der Waals surface area (Å²) in [6, 6.07) is 83.0. The first-order valence-electron chi connectivity index (χ1n) is 20.8. The van der Waals surface area contributed by atoms with Crippen LogP contribution in [0.5, 0.6) is 0 Å². The number of nitrogens with zero attached hydrogens (tertiary/aromatic N) is 2. The average Bonchev–Trinajstić information content (AvgIpc) is 3.87. The summed E-state index contributed by atoms with van der Waals surface area (Å²) in [5.41, 5.74) is 15.5. The number of hydrogen-bond acceptors (Lipinski definition) is 2. The number of fused-ring (bicyclic) bond motifs is 7. The number of benzene rings is 10. The van der Waals surface area contributed by atoms with E-state index in [0.29, 0.717) is 0 Å². The van der Waals surface area contributed by atoms with Gasteiger partial charge in [-0.15, -0.1) is 0 Å². The molecule has 0 fully saturated rings. The molecule has 61 heavy (non-hydrogen) atoms. The maximum Gasteiger partial charge on any atom is 0.136 e. The second kappa shape index (κ2) is 14.3. The van der Waals surface area contributed by atoms with E-state index in [4.69, 9.17) is 4.42 Å². The van der Waals surface area contributed by atoms with Gasteiger partial charge >= 0.3 is 0 Å². The maximum absolute atomic E-state index is 6.26. The van der Waals surface area contributed by atoms with Gasteiger partial charge in [0.2, 0.25) is 0 Å². The van der Waals surface area contributed by atoms with E-state index in [-0.39, 0.29) is 0 Å². The van der Waals surface area contributed by atoms with Crippen LogP contribution in [0.15, 0.2) is 235 Å². The highest BCUT2D eigenvalue weighted by Gasteiger charge is 2.18. The first-order valence-corrected chi connectivity index (χ1v) is 20.8. The van der Waals surface area contributed by atoms with E-state index in [1.54, 1.807) is 0 Å². The van der Waals surface area contributed by atoms with Crippen LogP contribution in [0.3, 0.4) is 0 Å². The molecule has 0 unspecified atom stereocenters. The molecular weight excluding hydrogens is 741 g/mol. The molecule has 2 aromatic heterocycles. The summed E-state index contributed by atoms with van der Waals surface area (Å²) in [6.45, 7) is 0. The summed E-state index contributed by atoms with van der Waals surface area (Å²) < 4.78 is 8.67. The zero-order chi connectivity index (χ0) is 40.3. The van der Waals surface area contributed by atoms with Gasteiger partial charge in [0.15, 0.2) is 0 Å². The Balaban J connectivity index is 0.957. The molecule has 3 heteroatoms. The van der Waals surface area contributed by atoms with Gasteiger partial charge in [-0.2, -0.15) is 0 Å². The molecular formula is C58H38N2O. The van der Waals surface area contributed by atoms with Gasteiger partial charge in [-0.3, -0.25) is 0 Å². The molecule has 0 N–H and O–H groups in total. The van der Waals surface area contributed by atoms with Gasteiger partial charge in [-0.25, -0.2) is 0 Å². The Bertz CT molecular complexity index is 3540. The standard InChI is InChI=1S/C58H38N2O/c1-2-13-42-36-44(25-24-39(42)12-1)43-14-11-15-48(37-43)59(46-31-26-40(27-32-46)45-30-35-53-52-19-6-10-23-57(52)61-58(53)38-45)47-33-28-41(29-34-47)49-16-3-7-20-54(49)60-55-21-8-4-17-50(55)51-18-5-9-22-56(51)60/h1-38H. The van der Waals surface area contributed by atoms with E-state index in [2.05, 4.69) is 228 Å². The number of furan rings is 1. The van der Waals surface area contributed by atoms with Crippen molar-refractivity contribution in [2.24, 2.45) is 0 Å². The Morgan fingerprint density at radius 1 is 0.311 bits per heavy atom. The molecule has 12 rings (SSSR count). The van der Waals surface area contributed by atoms with Crippen molar-refractivity contribution in [3.05, 3.63) is 231 Å². The molecule has 0 aliphatic rings. The monoisotopic (exact) mass is 778 g/mol. The molecule has 10 aromatic carbocycles. The number of anilines is 3. The van der Waals surface area contributed by atoms with Crippen molar-refractivity contribution in [3.8, 4) is 39.1 Å². The van der Waals surface area contributed by atoms with Crippen LogP contribution in [-0.2, 0) is 0 Å². The lowest BCUT2D eigenvalue weighted by Gasteiger charge is -2.26. The Kier molecular flexibility index (Phi) is 8.17. The van der Waals surface area contributed by atoms with Crippen LogP contribution in [0, 0.1) is 0 Å². The SMILES string of the molecule is c1cc(-c2ccc3ccccc3c2)cc(N(c2ccc(-c3ccc4c(c3)oc3ccccc34)cc2)c2ccc(-c3ccccc3-n3c4ccccc4c4ccccc43)cc2)c1. The number of aromatic nitrogens is 1. The molecule has 2 heterocycles. The first-order chi connectivity index (χ1) is 30.2. The predicted octanol–water partition coefficient (Wildman–Crippen LogP) is 16.3. The van der Waals surface area contributed by atoms with E-state index in [1.165, 1.54) is 49.3 Å². The summed E-state index contributed by atoms with van der Waals surface area (Å²) in [4.78, 5) is 2.36. The van der Waals surface area contributed by atoms with Crippen molar-refractivity contribution in [1.82, 2.24) is 4.57 Å². The van der Waals surface area contributed by atoms with Gasteiger partial charge in [0.05, 0.1) is 16.7 Å². The van der Waals surface area contributed by atoms with Crippen molar-refractivity contribution < 1.29 is 4.42 Å². The summed E-state index contributed by atoms with van der Waals surface area (Å²) in [5.74, 6) is 0. The van der Waals surface area contributed by atoms with Crippen LogP contribution in [-0.4, -0.2) is 4.57 Å². The lowest BCUT2D eigenvalue weighted by molar-refractivity contribution is 0.669. The van der Waals surface area contributed by atoms with Crippen LogP contribution in [0.2, 0.25) is 0 Å². The van der Waals surface area contributed by atoms with Gasteiger partial charge in [0.25, 0.3) is 0 Å². The number of para-hydroxylation sites is 4. The fraction of sp³-hybridized carbons (Fsp3) is 0. The molecule has 0 spiro atoms. The van der Waals surface area contributed by atoms with E-state index in [9.17, 15) is 0 Å². The molecule has 3 nitrogen and oxygen atoms in total. The van der Waals surface area contributed by atoms with E-state index in [0.717, 1.165) is 61.4 Å². The maximum atomic E-state index is 6.26. The molecule has 0 aliphatic heterocycles. The van der Waals surface area contributed by atoms with Gasteiger partial charge < -0.3 is 13.9 Å². The smallest absolute Gasteiger partial charge is 0.136 e. The normalized spacial score (nSPS) is 11.6. The summed E-state index contributed by atoms with van der Waals surface area (Å²) in [7, 11) is 0. The minimum Gasteiger partial charge on any atom is -0.456 e. The van der Waals surface area contributed by atoms with Crippen molar-refractivity contribution in [1.29, 1.82) is 0 Å². The van der Waals surface area contributed by atoms with Crippen molar-refractivity contribution in [2.75, 3.05) is 4.90 Å². The minimum atomic E-state index is 0.898. The van der Waals surface area contributed by atoms with E-state index < -0.39 is 0 Å². The zero-order valence-corrected chi connectivity index (χ0v) is 33.2. The van der Waals surface area contributed by atoms with E-state index >= 15 is 0 Å². The van der Waals surface area contributed by atoms with Gasteiger partial charge in [0.1, 0.15) is 11.2 Å². The molecule has 0 amide bonds. The van der Waals surface area contributed by atoms with Gasteiger partial charge in [0, 0.05) is 44.2 Å². The topological polar surface area (TPSA) is 21.3 Å². The third kappa shape index (κ3) is 5.98. The molecule has 0 atom stereocenters. The Morgan fingerprint density at radius 3 is 1.64 bits per heavy atom. The molecule has 0 aliphatic carbocycles. The Labute approximate surface area is 353 Å². The largest absolute Gasteiger partial charge is 0.456 e. The molecule has 0 saturated heterocycles. The summed E-state index contributed by atoms with van der Waals surface area (Å²) >= 11 is 0. The second-order valence-electron chi connectivity index (χ2n) is 15.7. The highest BCUT2D eigenvalue weighted by atomic mass is 16.3. The van der Waals surface area contributed by atoms with Crippen LogP contribution >= 0.6 is 0 Å². The van der Waals surface area contributed by atoms with Crippen molar-refractivity contribution >= 4 is 71.6 Å². The van der Waals surface area contributed by atoms with Crippen molar-refractivity contribution in [2.45, 2.75) is 0 Å². The molecule has 0 bridgehead atoms. The number of rotatable bonds is 7. The summed E-state index contributed by atoms with van der Waals surface area (Å²) in [5, 5.41) is 7.26. The van der Waals surface area contributed by atoms with Crippen molar-refractivity contribution in [3.63, 3.8) is 0 Å². The van der Waals surface area contributed by atoms with Crippen LogP contribution in [0.1, 0.15) is 0 Å². The fourth-order valence-electron chi connectivity index (χ4n) is 9.23. The lowest BCUT2D eigenvalue weighted by atomic mass is 9.99. The Hall–Kier alpha value is -8.14. The lowest BCUT2D eigenvalue weighted by Crippen LogP contribution is -2.10. The molecule has 12 aromatic rings. The zero-order valence-electron chi connectivity index (χ0n) is 33.2. The van der Waals surface area contributed by atoms with Crippen LogP contribution < -0.4 is 4.90 Å². The predicted molar refractivity (Wildman–Crippen MR) is 257 cm³/mol. The molecule has 0 saturated carbocycles. The molecule has 0 radical (unpaired) electrons. The van der Waals surface area contributed by atoms with Gasteiger partial charge in [-0.05, 0) is 117 Å². The summed E-state index contributed by atoms with van der Waals surface area (Å²) in [6.07, 6.45) is 0. The number of hydrogen-bond donors (Lipinski definition) is 0. The van der Waals surface area contributed by atoms with Gasteiger partial charge in [-0.1, -0.05) is 152 Å².